The van der Waals surface area contributed by atoms with E-state index in [0.717, 1.165) is 16.2 Å². The monoisotopic (exact) mass is 429 g/mol. The van der Waals surface area contributed by atoms with Gasteiger partial charge in [0, 0.05) is 21.4 Å². The van der Waals surface area contributed by atoms with E-state index in [1.165, 1.54) is 38.5 Å². The number of nitrogens with zero attached hydrogens (tertiary/aromatic N) is 1. The maximum atomic E-state index is 6.48. The summed E-state index contributed by atoms with van der Waals surface area (Å²) in [6, 6.07) is 42.5. The SMILES string of the molecule is Clc1ccc2c3ccccc3n(-c3cccc(-c4ccccc4)c3-c3ccccc3)c2c1. The molecule has 0 aliphatic rings. The quantitative estimate of drug-likeness (QED) is 0.265. The zero-order valence-corrected chi connectivity index (χ0v) is 18.1. The molecule has 0 aliphatic carbocycles. The van der Waals surface area contributed by atoms with E-state index < -0.39 is 0 Å². The topological polar surface area (TPSA) is 4.93 Å². The predicted octanol–water partition coefficient (Wildman–Crippen LogP) is 8.77. The Morgan fingerprint density at radius 1 is 0.500 bits per heavy atom. The zero-order chi connectivity index (χ0) is 21.5. The summed E-state index contributed by atoms with van der Waals surface area (Å²) in [5, 5.41) is 3.17. The van der Waals surface area contributed by atoms with Crippen molar-refractivity contribution in [2.75, 3.05) is 0 Å². The first kappa shape index (κ1) is 18.9. The Balaban J connectivity index is 1.78. The third kappa shape index (κ3) is 3.02. The van der Waals surface area contributed by atoms with Gasteiger partial charge in [-0.25, -0.2) is 0 Å². The number of fused-ring (bicyclic) bond motifs is 3. The molecular formula is C30H20ClN. The summed E-state index contributed by atoms with van der Waals surface area (Å²) in [4.78, 5) is 0. The smallest absolute Gasteiger partial charge is 0.0556 e. The van der Waals surface area contributed by atoms with Crippen molar-refractivity contribution < 1.29 is 0 Å². The van der Waals surface area contributed by atoms with Gasteiger partial charge in [0.1, 0.15) is 0 Å². The lowest BCUT2D eigenvalue weighted by atomic mass is 9.93. The molecule has 152 valence electrons. The first-order valence-electron chi connectivity index (χ1n) is 10.7. The van der Waals surface area contributed by atoms with Gasteiger partial charge in [0.05, 0.1) is 16.7 Å². The molecule has 0 amide bonds. The van der Waals surface area contributed by atoms with Gasteiger partial charge in [0.15, 0.2) is 0 Å². The van der Waals surface area contributed by atoms with E-state index in [0.29, 0.717) is 0 Å². The van der Waals surface area contributed by atoms with Crippen LogP contribution < -0.4 is 0 Å². The minimum Gasteiger partial charge on any atom is -0.309 e. The van der Waals surface area contributed by atoms with Gasteiger partial charge in [-0.1, -0.05) is 109 Å². The molecular weight excluding hydrogens is 410 g/mol. The number of para-hydroxylation sites is 1. The molecule has 5 aromatic carbocycles. The van der Waals surface area contributed by atoms with Crippen molar-refractivity contribution in [3.63, 3.8) is 0 Å². The van der Waals surface area contributed by atoms with Gasteiger partial charge in [-0.05, 0) is 41.0 Å². The lowest BCUT2D eigenvalue weighted by Gasteiger charge is -2.18. The molecule has 0 aliphatic heterocycles. The number of hydrogen-bond acceptors (Lipinski definition) is 0. The van der Waals surface area contributed by atoms with Crippen LogP contribution in [0.5, 0.6) is 0 Å². The lowest BCUT2D eigenvalue weighted by molar-refractivity contribution is 1.18. The fourth-order valence-electron chi connectivity index (χ4n) is 4.70. The van der Waals surface area contributed by atoms with Crippen LogP contribution >= 0.6 is 11.6 Å². The first-order chi connectivity index (χ1) is 15.8. The summed E-state index contributed by atoms with van der Waals surface area (Å²) in [5.74, 6) is 0. The average Bonchev–Trinajstić information content (AvgIpc) is 3.18. The predicted molar refractivity (Wildman–Crippen MR) is 137 cm³/mol. The van der Waals surface area contributed by atoms with E-state index in [1.54, 1.807) is 0 Å². The van der Waals surface area contributed by atoms with Crippen LogP contribution in [-0.4, -0.2) is 4.57 Å². The summed E-state index contributed by atoms with van der Waals surface area (Å²) in [6.45, 7) is 0. The third-order valence-electron chi connectivity index (χ3n) is 6.07. The molecule has 0 spiro atoms. The molecule has 1 heterocycles. The number of hydrogen-bond donors (Lipinski definition) is 0. The Kier molecular flexibility index (Phi) is 4.56. The van der Waals surface area contributed by atoms with Gasteiger partial charge in [-0.15, -0.1) is 0 Å². The van der Waals surface area contributed by atoms with Crippen molar-refractivity contribution in [2.45, 2.75) is 0 Å². The average molecular weight is 430 g/mol. The van der Waals surface area contributed by atoms with Crippen LogP contribution in [0, 0.1) is 0 Å². The maximum absolute atomic E-state index is 6.48. The molecule has 0 N–H and O–H groups in total. The van der Waals surface area contributed by atoms with Crippen molar-refractivity contribution in [3.8, 4) is 27.9 Å². The summed E-state index contributed by atoms with van der Waals surface area (Å²) >= 11 is 6.48. The fourth-order valence-corrected chi connectivity index (χ4v) is 4.86. The van der Waals surface area contributed by atoms with Crippen LogP contribution in [0.2, 0.25) is 5.02 Å². The molecule has 0 fully saturated rings. The second-order valence-electron chi connectivity index (χ2n) is 7.95. The summed E-state index contributed by atoms with van der Waals surface area (Å²) in [5.41, 5.74) is 8.24. The molecule has 0 unspecified atom stereocenters. The molecule has 0 atom stereocenters. The number of halogens is 1. The van der Waals surface area contributed by atoms with Crippen LogP contribution in [-0.2, 0) is 0 Å². The van der Waals surface area contributed by atoms with Crippen LogP contribution in [0.25, 0.3) is 49.7 Å². The molecule has 1 nitrogen and oxygen atoms in total. The minimum absolute atomic E-state index is 0.738. The summed E-state index contributed by atoms with van der Waals surface area (Å²) in [6.07, 6.45) is 0. The van der Waals surface area contributed by atoms with Crippen molar-refractivity contribution in [1.29, 1.82) is 0 Å². The maximum Gasteiger partial charge on any atom is 0.0556 e. The van der Waals surface area contributed by atoms with E-state index >= 15 is 0 Å². The van der Waals surface area contributed by atoms with Crippen LogP contribution in [0.15, 0.2) is 121 Å². The second kappa shape index (κ2) is 7.71. The van der Waals surface area contributed by atoms with Crippen LogP contribution in [0.4, 0.5) is 0 Å². The Labute approximate surface area is 192 Å². The fraction of sp³-hybridized carbons (Fsp3) is 0. The molecule has 6 rings (SSSR count). The molecule has 6 aromatic rings. The number of rotatable bonds is 3. The van der Waals surface area contributed by atoms with Crippen LogP contribution in [0.1, 0.15) is 0 Å². The number of benzene rings is 5. The highest BCUT2D eigenvalue weighted by Gasteiger charge is 2.18. The van der Waals surface area contributed by atoms with Crippen LogP contribution in [0.3, 0.4) is 0 Å². The summed E-state index contributed by atoms with van der Waals surface area (Å²) < 4.78 is 2.35. The molecule has 0 saturated carbocycles. The van der Waals surface area contributed by atoms with Gasteiger partial charge < -0.3 is 4.57 Å². The minimum atomic E-state index is 0.738. The molecule has 0 bridgehead atoms. The Bertz CT molecular complexity index is 1560. The Hall–Kier alpha value is -3.81. The zero-order valence-electron chi connectivity index (χ0n) is 17.4. The number of aromatic nitrogens is 1. The molecule has 0 saturated heterocycles. The molecule has 32 heavy (non-hydrogen) atoms. The highest BCUT2D eigenvalue weighted by molar-refractivity contribution is 6.31. The van der Waals surface area contributed by atoms with E-state index in [1.807, 2.05) is 6.07 Å². The summed E-state index contributed by atoms with van der Waals surface area (Å²) in [7, 11) is 0. The normalized spacial score (nSPS) is 11.3. The molecule has 2 heteroatoms. The van der Waals surface area contributed by atoms with Crippen molar-refractivity contribution in [3.05, 3.63) is 126 Å². The van der Waals surface area contributed by atoms with Gasteiger partial charge in [-0.3, -0.25) is 0 Å². The van der Waals surface area contributed by atoms with Gasteiger partial charge in [0.25, 0.3) is 0 Å². The third-order valence-corrected chi connectivity index (χ3v) is 6.30. The van der Waals surface area contributed by atoms with E-state index in [9.17, 15) is 0 Å². The van der Waals surface area contributed by atoms with Crippen molar-refractivity contribution in [1.82, 2.24) is 4.57 Å². The first-order valence-corrected chi connectivity index (χ1v) is 11.1. The van der Waals surface area contributed by atoms with E-state index in [4.69, 9.17) is 11.6 Å². The van der Waals surface area contributed by atoms with Crippen molar-refractivity contribution in [2.24, 2.45) is 0 Å². The largest absolute Gasteiger partial charge is 0.309 e. The van der Waals surface area contributed by atoms with E-state index in [2.05, 4.69) is 120 Å². The van der Waals surface area contributed by atoms with Crippen molar-refractivity contribution >= 4 is 33.4 Å². The van der Waals surface area contributed by atoms with Gasteiger partial charge in [0.2, 0.25) is 0 Å². The lowest BCUT2D eigenvalue weighted by Crippen LogP contribution is -1.99. The molecule has 1 aromatic heterocycles. The Morgan fingerprint density at radius 3 is 1.94 bits per heavy atom. The Morgan fingerprint density at radius 2 is 1.16 bits per heavy atom. The second-order valence-corrected chi connectivity index (χ2v) is 8.38. The highest BCUT2D eigenvalue weighted by Crippen LogP contribution is 2.41. The standard InChI is InChI=1S/C30H20ClN/c31-23-18-19-26-25-14-7-8-16-27(25)32(29(26)20-23)28-17-9-15-24(21-10-3-1-4-11-21)30(28)22-12-5-2-6-13-22/h1-20H. The highest BCUT2D eigenvalue weighted by atomic mass is 35.5. The van der Waals surface area contributed by atoms with Gasteiger partial charge in [-0.2, -0.15) is 0 Å². The van der Waals surface area contributed by atoms with Gasteiger partial charge >= 0.3 is 0 Å². The molecule has 0 radical (unpaired) electrons. The van der Waals surface area contributed by atoms with E-state index in [-0.39, 0.29) is 0 Å².